The molecular weight excluding hydrogens is 346 g/mol. The molecule has 0 fully saturated rings. The van der Waals surface area contributed by atoms with Crippen LogP contribution in [0.4, 0.5) is 0 Å². The van der Waals surface area contributed by atoms with E-state index >= 15 is 0 Å². The van der Waals surface area contributed by atoms with E-state index in [0.717, 1.165) is 6.42 Å². The quantitative estimate of drug-likeness (QED) is 0.424. The highest BCUT2D eigenvalue weighted by molar-refractivity contribution is 7.91. The molecule has 26 heavy (non-hydrogen) atoms. The highest BCUT2D eigenvalue weighted by atomic mass is 32.2. The maximum absolute atomic E-state index is 12.3. The predicted octanol–water partition coefficient (Wildman–Crippen LogP) is 2.78. The molecule has 0 heterocycles. The van der Waals surface area contributed by atoms with E-state index in [1.165, 1.54) is 11.1 Å². The van der Waals surface area contributed by atoms with E-state index in [9.17, 15) is 8.42 Å². The van der Waals surface area contributed by atoms with E-state index < -0.39 is 9.84 Å². The summed E-state index contributed by atoms with van der Waals surface area (Å²) in [5.41, 5.74) is 2.55. The van der Waals surface area contributed by atoms with Crippen molar-refractivity contribution in [1.82, 2.24) is 10.6 Å². The summed E-state index contributed by atoms with van der Waals surface area (Å²) in [5.74, 6) is 0.785. The van der Waals surface area contributed by atoms with Gasteiger partial charge in [0.25, 0.3) is 0 Å². The van der Waals surface area contributed by atoms with Gasteiger partial charge in [-0.25, -0.2) is 8.42 Å². The van der Waals surface area contributed by atoms with Crippen molar-refractivity contribution in [2.45, 2.75) is 31.2 Å². The van der Waals surface area contributed by atoms with Crippen molar-refractivity contribution >= 4 is 15.8 Å². The summed E-state index contributed by atoms with van der Waals surface area (Å²) < 4.78 is 24.5. The zero-order chi connectivity index (χ0) is 18.8. The fourth-order valence-corrected chi connectivity index (χ4v) is 4.02. The van der Waals surface area contributed by atoms with E-state index in [1.54, 1.807) is 31.3 Å². The number of benzene rings is 2. The van der Waals surface area contributed by atoms with Crippen LogP contribution >= 0.6 is 0 Å². The molecule has 0 aliphatic heterocycles. The minimum Gasteiger partial charge on any atom is -0.356 e. The lowest BCUT2D eigenvalue weighted by Crippen LogP contribution is -2.37. The highest BCUT2D eigenvalue weighted by Crippen LogP contribution is 2.11. The second-order valence-corrected chi connectivity index (χ2v) is 8.07. The molecule has 0 unspecified atom stereocenters. The largest absolute Gasteiger partial charge is 0.356 e. The number of guanidine groups is 1. The first kappa shape index (κ1) is 20.0. The van der Waals surface area contributed by atoms with Gasteiger partial charge in [0.1, 0.15) is 0 Å². The molecule has 0 radical (unpaired) electrons. The molecule has 0 aromatic heterocycles. The SMILES string of the molecule is CCc1ccccc1CNC(=NC)NCCCS(=O)(=O)c1ccccc1. The van der Waals surface area contributed by atoms with Crippen LogP contribution in [0.2, 0.25) is 0 Å². The van der Waals surface area contributed by atoms with Crippen molar-refractivity contribution in [2.75, 3.05) is 19.3 Å². The molecule has 2 rings (SSSR count). The number of hydrogen-bond donors (Lipinski definition) is 2. The third-order valence-corrected chi connectivity index (χ3v) is 5.97. The molecule has 0 saturated carbocycles. The van der Waals surface area contributed by atoms with Crippen LogP contribution in [0.1, 0.15) is 24.5 Å². The molecule has 2 aromatic carbocycles. The Labute approximate surface area is 156 Å². The van der Waals surface area contributed by atoms with Crippen molar-refractivity contribution in [1.29, 1.82) is 0 Å². The summed E-state index contributed by atoms with van der Waals surface area (Å²) >= 11 is 0. The third-order valence-electron chi connectivity index (χ3n) is 4.15. The number of nitrogens with one attached hydrogen (secondary N) is 2. The van der Waals surface area contributed by atoms with Crippen LogP contribution in [0.5, 0.6) is 0 Å². The summed E-state index contributed by atoms with van der Waals surface area (Å²) in [6.45, 7) is 3.37. The molecule has 6 heteroatoms. The van der Waals surface area contributed by atoms with Gasteiger partial charge in [0, 0.05) is 20.1 Å². The lowest BCUT2D eigenvalue weighted by molar-refractivity contribution is 0.592. The van der Waals surface area contributed by atoms with Gasteiger partial charge in [-0.3, -0.25) is 4.99 Å². The van der Waals surface area contributed by atoms with Gasteiger partial charge in [-0.1, -0.05) is 49.4 Å². The second kappa shape index (κ2) is 9.97. The first-order valence-electron chi connectivity index (χ1n) is 8.86. The molecule has 140 valence electrons. The normalized spacial score (nSPS) is 12.0. The van der Waals surface area contributed by atoms with Crippen LogP contribution in [-0.4, -0.2) is 33.7 Å². The molecule has 2 N–H and O–H groups in total. The van der Waals surface area contributed by atoms with E-state index in [1.807, 2.05) is 18.2 Å². The van der Waals surface area contributed by atoms with Crippen molar-refractivity contribution in [3.8, 4) is 0 Å². The van der Waals surface area contributed by atoms with Crippen molar-refractivity contribution in [2.24, 2.45) is 4.99 Å². The van der Waals surface area contributed by atoms with E-state index in [0.29, 0.717) is 30.4 Å². The topological polar surface area (TPSA) is 70.6 Å². The van der Waals surface area contributed by atoms with Gasteiger partial charge in [-0.05, 0) is 36.1 Å². The number of sulfone groups is 1. The Morgan fingerprint density at radius 2 is 1.62 bits per heavy atom. The maximum Gasteiger partial charge on any atom is 0.191 e. The Bertz CT molecular complexity index is 818. The summed E-state index contributed by atoms with van der Waals surface area (Å²) in [5, 5.41) is 6.45. The minimum atomic E-state index is -3.23. The van der Waals surface area contributed by atoms with Crippen molar-refractivity contribution < 1.29 is 8.42 Å². The fraction of sp³-hybridized carbons (Fsp3) is 0.350. The summed E-state index contributed by atoms with van der Waals surface area (Å²) in [6, 6.07) is 16.9. The maximum atomic E-state index is 12.3. The zero-order valence-electron chi connectivity index (χ0n) is 15.4. The number of rotatable bonds is 8. The average molecular weight is 374 g/mol. The number of aryl methyl sites for hydroxylation is 1. The van der Waals surface area contributed by atoms with Crippen LogP contribution in [0.15, 0.2) is 64.5 Å². The van der Waals surface area contributed by atoms with E-state index in [4.69, 9.17) is 0 Å². The molecule has 2 aromatic rings. The Morgan fingerprint density at radius 3 is 2.27 bits per heavy atom. The van der Waals surface area contributed by atoms with Gasteiger partial charge in [-0.2, -0.15) is 0 Å². The molecule has 0 aliphatic rings. The zero-order valence-corrected chi connectivity index (χ0v) is 16.2. The fourth-order valence-electron chi connectivity index (χ4n) is 2.69. The lowest BCUT2D eigenvalue weighted by atomic mass is 10.1. The molecule has 0 atom stereocenters. The Hall–Kier alpha value is -2.34. The van der Waals surface area contributed by atoms with Gasteiger partial charge in [0.15, 0.2) is 15.8 Å². The van der Waals surface area contributed by atoms with Crippen molar-refractivity contribution in [3.05, 3.63) is 65.7 Å². The Kier molecular flexibility index (Phi) is 7.66. The number of nitrogens with zero attached hydrogens (tertiary/aromatic N) is 1. The second-order valence-electron chi connectivity index (χ2n) is 5.96. The van der Waals surface area contributed by atoms with Crippen molar-refractivity contribution in [3.63, 3.8) is 0 Å². The number of aliphatic imine (C=N–C) groups is 1. The van der Waals surface area contributed by atoms with Gasteiger partial charge in [0.2, 0.25) is 0 Å². The van der Waals surface area contributed by atoms with Crippen LogP contribution in [0.3, 0.4) is 0 Å². The molecule has 0 saturated heterocycles. The first-order valence-corrected chi connectivity index (χ1v) is 10.5. The Balaban J connectivity index is 1.79. The van der Waals surface area contributed by atoms with Crippen LogP contribution in [0.25, 0.3) is 0 Å². The third kappa shape index (κ3) is 5.88. The lowest BCUT2D eigenvalue weighted by Gasteiger charge is -2.14. The monoisotopic (exact) mass is 373 g/mol. The van der Waals surface area contributed by atoms with E-state index in [2.05, 4.69) is 34.7 Å². The van der Waals surface area contributed by atoms with Crippen LogP contribution < -0.4 is 10.6 Å². The molecule has 0 spiro atoms. The summed E-state index contributed by atoms with van der Waals surface area (Å²) in [6.07, 6.45) is 1.50. The molecule has 5 nitrogen and oxygen atoms in total. The summed E-state index contributed by atoms with van der Waals surface area (Å²) in [7, 11) is -1.52. The number of hydrogen-bond acceptors (Lipinski definition) is 3. The minimum absolute atomic E-state index is 0.111. The smallest absolute Gasteiger partial charge is 0.191 e. The predicted molar refractivity (Wildman–Crippen MR) is 107 cm³/mol. The first-order chi connectivity index (χ1) is 12.6. The standard InChI is InChI=1S/C20H27N3O2S/c1-3-17-10-7-8-11-18(17)16-23-20(21-2)22-14-9-15-26(24,25)19-12-5-4-6-13-19/h4-8,10-13H,3,9,14-16H2,1-2H3,(H2,21,22,23). The average Bonchev–Trinajstić information content (AvgIpc) is 2.68. The van der Waals surface area contributed by atoms with E-state index in [-0.39, 0.29) is 5.75 Å². The molecule has 0 bridgehead atoms. The summed E-state index contributed by atoms with van der Waals surface area (Å²) in [4.78, 5) is 4.57. The van der Waals surface area contributed by atoms with Gasteiger partial charge >= 0.3 is 0 Å². The van der Waals surface area contributed by atoms with Gasteiger partial charge in [0.05, 0.1) is 10.6 Å². The van der Waals surface area contributed by atoms with Crippen LogP contribution in [-0.2, 0) is 22.8 Å². The van der Waals surface area contributed by atoms with Crippen LogP contribution in [0, 0.1) is 0 Å². The Morgan fingerprint density at radius 1 is 0.962 bits per heavy atom. The van der Waals surface area contributed by atoms with Gasteiger partial charge in [-0.15, -0.1) is 0 Å². The molecule has 0 amide bonds. The molecule has 0 aliphatic carbocycles. The molecular formula is C20H27N3O2S. The highest BCUT2D eigenvalue weighted by Gasteiger charge is 2.13. The van der Waals surface area contributed by atoms with Gasteiger partial charge < -0.3 is 10.6 Å².